The van der Waals surface area contributed by atoms with Gasteiger partial charge in [-0.05, 0) is 50.2 Å². The third kappa shape index (κ3) is 7.21. The lowest BCUT2D eigenvalue weighted by Gasteiger charge is -2.42. The topological polar surface area (TPSA) is 134 Å². The normalized spacial score (nSPS) is 22.9. The van der Waals surface area contributed by atoms with Gasteiger partial charge < -0.3 is 28.8 Å². The van der Waals surface area contributed by atoms with Crippen LogP contribution in [0.15, 0.2) is 54.7 Å². The van der Waals surface area contributed by atoms with Crippen LogP contribution in [0.4, 0.5) is 23.7 Å². The number of aliphatic hydroxyl groups is 1. The van der Waals surface area contributed by atoms with Crippen LogP contribution in [0, 0.1) is 0 Å². The predicted octanol–water partition coefficient (Wildman–Crippen LogP) is 4.18. The molecule has 1 saturated heterocycles. The van der Waals surface area contributed by atoms with Crippen molar-refractivity contribution in [1.29, 1.82) is 0 Å². The van der Waals surface area contributed by atoms with Crippen molar-refractivity contribution in [3.8, 4) is 28.4 Å². The summed E-state index contributed by atoms with van der Waals surface area (Å²) in [6, 6.07) is 11.6. The van der Waals surface area contributed by atoms with Gasteiger partial charge in [0.25, 0.3) is 0 Å². The average molecular weight is 565 g/mol. The van der Waals surface area contributed by atoms with E-state index in [0.717, 1.165) is 12.1 Å². The number of aliphatic hydroxyl groups excluding tert-OH is 1. The van der Waals surface area contributed by atoms with E-state index < -0.39 is 43.2 Å². The van der Waals surface area contributed by atoms with Gasteiger partial charge in [-0.25, -0.2) is 9.78 Å². The monoisotopic (exact) mass is 564 g/mol. The van der Waals surface area contributed by atoms with Gasteiger partial charge in [0.15, 0.2) is 5.82 Å². The van der Waals surface area contributed by atoms with Gasteiger partial charge in [0.1, 0.15) is 24.1 Å². The predicted molar refractivity (Wildman–Crippen MR) is 134 cm³/mol. The summed E-state index contributed by atoms with van der Waals surface area (Å²) in [7, 11) is 1.48. The Morgan fingerprint density at radius 2 is 1.75 bits per heavy atom. The molecule has 0 saturated carbocycles. The summed E-state index contributed by atoms with van der Waals surface area (Å²) in [5, 5.41) is 21.1. The highest BCUT2D eigenvalue weighted by Gasteiger charge is 2.46. The Morgan fingerprint density at radius 1 is 1.07 bits per heavy atom. The van der Waals surface area contributed by atoms with Gasteiger partial charge in [-0.1, -0.05) is 12.1 Å². The van der Waals surface area contributed by atoms with Gasteiger partial charge in [-0.15, -0.1) is 18.3 Å². The third-order valence-electron chi connectivity index (χ3n) is 5.94. The summed E-state index contributed by atoms with van der Waals surface area (Å²) < 4.78 is 62.9. The van der Waals surface area contributed by atoms with Crippen molar-refractivity contribution >= 4 is 11.8 Å². The van der Waals surface area contributed by atoms with E-state index in [9.17, 15) is 23.1 Å². The maximum atomic E-state index is 12.5. The molecule has 14 heteroatoms. The lowest BCUT2D eigenvalue weighted by atomic mass is 9.99. The number of halogens is 3. The number of hydrogen-bond donors (Lipinski definition) is 2. The number of carbonyl (C=O) groups excluding carboxylic acids is 1. The number of anilines is 1. The fourth-order valence-corrected chi connectivity index (χ4v) is 4.14. The van der Waals surface area contributed by atoms with Crippen LogP contribution >= 0.6 is 0 Å². The van der Waals surface area contributed by atoms with E-state index in [2.05, 4.69) is 25.2 Å². The van der Waals surface area contributed by atoms with Crippen molar-refractivity contribution in [3.63, 3.8) is 0 Å². The highest BCUT2D eigenvalue weighted by molar-refractivity contribution is 5.85. The molecule has 0 bridgehead atoms. The summed E-state index contributed by atoms with van der Waals surface area (Å²) in [5.41, 5.74) is 1.91. The fourth-order valence-electron chi connectivity index (χ4n) is 4.14. The molecule has 4 rings (SSSR count). The van der Waals surface area contributed by atoms with Crippen molar-refractivity contribution in [2.24, 2.45) is 0 Å². The second-order valence-corrected chi connectivity index (χ2v) is 8.67. The number of nitrogens with one attached hydrogen (secondary N) is 1. The molecule has 2 heterocycles. The zero-order chi connectivity index (χ0) is 28.9. The van der Waals surface area contributed by atoms with Crippen LogP contribution in [0.25, 0.3) is 22.6 Å². The third-order valence-corrected chi connectivity index (χ3v) is 5.94. The minimum absolute atomic E-state index is 0.197. The Labute approximate surface area is 227 Å². The van der Waals surface area contributed by atoms with Gasteiger partial charge in [-0.2, -0.15) is 5.10 Å². The molecule has 1 aromatic heterocycles. The van der Waals surface area contributed by atoms with Crippen molar-refractivity contribution in [3.05, 3.63) is 54.7 Å². The number of hydrogen-bond acceptors (Lipinski definition) is 10. The van der Waals surface area contributed by atoms with Gasteiger partial charge in [0.2, 0.25) is 6.29 Å². The molecule has 1 amide bonds. The SMILES string of the molecule is CCO[C@H]1[C@@H](O)[C@H](OC(=O)Nc2ccc(-c3cnnc(-c4ccc(OC(F)(F)F)cc4)n3)cc2)O[C@@H](C)[C@@H]1OC. The molecule has 3 aromatic rings. The minimum atomic E-state index is -4.79. The van der Waals surface area contributed by atoms with E-state index in [0.29, 0.717) is 29.1 Å². The maximum absolute atomic E-state index is 12.5. The molecular formula is C26H27F3N4O7. The Morgan fingerprint density at radius 3 is 2.38 bits per heavy atom. The van der Waals surface area contributed by atoms with Gasteiger partial charge in [0, 0.05) is 30.5 Å². The molecule has 0 aliphatic carbocycles. The first kappa shape index (κ1) is 29.1. The van der Waals surface area contributed by atoms with Crippen LogP contribution in [0.5, 0.6) is 5.75 Å². The number of amides is 1. The maximum Gasteiger partial charge on any atom is 0.573 e. The molecule has 0 radical (unpaired) electrons. The number of alkyl halides is 3. The standard InChI is InChI=1S/C26H27F3N4O7/c1-4-37-22-20(34)24(38-14(2)21(22)36-3)39-25(35)31-17-9-5-15(6-10-17)19-13-30-33-23(32-19)16-7-11-18(12-8-16)40-26(27,28)29/h5-14,20-22,24,34H,4H2,1-3H3,(H,31,35)/t14-,20+,21-,22-,24-/m0/s1. The molecule has 214 valence electrons. The number of methoxy groups -OCH3 is 1. The minimum Gasteiger partial charge on any atom is -0.416 e. The number of ether oxygens (including phenoxy) is 5. The Bertz CT molecular complexity index is 1280. The summed E-state index contributed by atoms with van der Waals surface area (Å²) >= 11 is 0. The van der Waals surface area contributed by atoms with Gasteiger partial charge in [0.05, 0.1) is 18.0 Å². The molecule has 2 aromatic carbocycles. The average Bonchev–Trinajstić information content (AvgIpc) is 2.91. The molecule has 0 spiro atoms. The molecule has 11 nitrogen and oxygen atoms in total. The number of nitrogens with zero attached hydrogens (tertiary/aromatic N) is 3. The molecule has 1 aliphatic heterocycles. The van der Waals surface area contributed by atoms with Crippen LogP contribution in [0.2, 0.25) is 0 Å². The van der Waals surface area contributed by atoms with Gasteiger partial charge >= 0.3 is 12.5 Å². The lowest BCUT2D eigenvalue weighted by molar-refractivity contribution is -0.286. The molecule has 1 aliphatic rings. The van der Waals surface area contributed by atoms with E-state index in [4.69, 9.17) is 18.9 Å². The van der Waals surface area contributed by atoms with Crippen LogP contribution in [0.1, 0.15) is 13.8 Å². The highest BCUT2D eigenvalue weighted by atomic mass is 19.4. The van der Waals surface area contributed by atoms with E-state index in [-0.39, 0.29) is 11.6 Å². The van der Waals surface area contributed by atoms with Crippen LogP contribution < -0.4 is 10.1 Å². The summed E-state index contributed by atoms with van der Waals surface area (Å²) in [4.78, 5) is 16.9. The second kappa shape index (κ2) is 12.6. The molecule has 5 atom stereocenters. The largest absolute Gasteiger partial charge is 0.573 e. The fraction of sp³-hybridized carbons (Fsp3) is 0.385. The first-order valence-corrected chi connectivity index (χ1v) is 12.2. The number of rotatable bonds is 8. The van der Waals surface area contributed by atoms with Crippen molar-refractivity contribution in [1.82, 2.24) is 15.2 Å². The molecule has 2 N–H and O–H groups in total. The number of carbonyl (C=O) groups is 1. The molecular weight excluding hydrogens is 537 g/mol. The summed E-state index contributed by atoms with van der Waals surface area (Å²) in [5.74, 6) is -0.169. The summed E-state index contributed by atoms with van der Waals surface area (Å²) in [6.45, 7) is 3.83. The Hall–Kier alpha value is -3.85. The number of benzene rings is 2. The Balaban J connectivity index is 1.39. The summed E-state index contributed by atoms with van der Waals surface area (Å²) in [6.07, 6.45) is -8.52. The number of aromatic nitrogens is 3. The second-order valence-electron chi connectivity index (χ2n) is 8.67. The van der Waals surface area contributed by atoms with Crippen LogP contribution in [-0.2, 0) is 18.9 Å². The highest BCUT2D eigenvalue weighted by Crippen LogP contribution is 2.28. The van der Waals surface area contributed by atoms with Crippen molar-refractivity contribution in [2.75, 3.05) is 19.0 Å². The lowest BCUT2D eigenvalue weighted by Crippen LogP contribution is -2.59. The zero-order valence-corrected chi connectivity index (χ0v) is 21.7. The van der Waals surface area contributed by atoms with E-state index in [1.54, 1.807) is 38.1 Å². The quantitative estimate of drug-likeness (QED) is 0.410. The van der Waals surface area contributed by atoms with Crippen molar-refractivity contribution < 1.29 is 46.8 Å². The Kier molecular flexibility index (Phi) is 9.14. The zero-order valence-electron chi connectivity index (χ0n) is 21.7. The first-order chi connectivity index (χ1) is 19.1. The molecule has 0 unspecified atom stereocenters. The van der Waals surface area contributed by atoms with E-state index in [1.807, 2.05) is 0 Å². The van der Waals surface area contributed by atoms with Crippen molar-refractivity contribution in [2.45, 2.75) is 50.9 Å². The first-order valence-electron chi connectivity index (χ1n) is 12.2. The van der Waals surface area contributed by atoms with E-state index in [1.165, 1.54) is 25.4 Å². The molecule has 40 heavy (non-hydrogen) atoms. The van der Waals surface area contributed by atoms with Crippen LogP contribution in [0.3, 0.4) is 0 Å². The van der Waals surface area contributed by atoms with E-state index >= 15 is 0 Å². The smallest absolute Gasteiger partial charge is 0.416 e. The van der Waals surface area contributed by atoms with Gasteiger partial charge in [-0.3, -0.25) is 5.32 Å². The van der Waals surface area contributed by atoms with Crippen LogP contribution in [-0.4, -0.2) is 77.2 Å². The molecule has 1 fully saturated rings.